The molecule has 6 aromatic carbocycles. The Morgan fingerprint density at radius 1 is 0.490 bits per heavy atom. The number of allylic oxidation sites excluding steroid dienone is 1. The minimum atomic E-state index is 0.154. The summed E-state index contributed by atoms with van der Waals surface area (Å²) in [4.78, 5) is 10.6. The number of nitrogens with zero attached hydrogens (tertiary/aromatic N) is 4. The maximum atomic E-state index is 5.29. The first kappa shape index (κ1) is 29.4. The van der Waals surface area contributed by atoms with Crippen molar-refractivity contribution < 1.29 is 0 Å². The number of hydrogen-bond donors (Lipinski definition) is 0. The van der Waals surface area contributed by atoms with Crippen molar-refractivity contribution in [3.8, 4) is 34.2 Å². The fourth-order valence-corrected chi connectivity index (χ4v) is 8.16. The van der Waals surface area contributed by atoms with Gasteiger partial charge in [-0.05, 0) is 48.0 Å². The number of aromatic nitrogens is 4. The van der Waals surface area contributed by atoms with E-state index in [9.17, 15) is 0 Å². The van der Waals surface area contributed by atoms with Gasteiger partial charge >= 0.3 is 0 Å². The van der Waals surface area contributed by atoms with Crippen LogP contribution in [0.5, 0.6) is 0 Å². The van der Waals surface area contributed by atoms with Gasteiger partial charge in [0.05, 0.1) is 27.9 Å². The van der Waals surface area contributed by atoms with E-state index in [2.05, 4.69) is 180 Å². The van der Waals surface area contributed by atoms with Gasteiger partial charge in [-0.3, -0.25) is 4.57 Å². The van der Waals surface area contributed by atoms with Crippen LogP contribution in [-0.2, 0) is 0 Å². The molecule has 51 heavy (non-hydrogen) atoms. The van der Waals surface area contributed by atoms with Crippen molar-refractivity contribution in [3.05, 3.63) is 187 Å². The summed E-state index contributed by atoms with van der Waals surface area (Å²) in [6, 6.07) is 58.1. The predicted octanol–water partition coefficient (Wildman–Crippen LogP) is 11.8. The van der Waals surface area contributed by atoms with Crippen molar-refractivity contribution in [1.29, 1.82) is 0 Å². The Bertz CT molecular complexity index is 2700. The Balaban J connectivity index is 1.16. The largest absolute Gasteiger partial charge is 0.309 e. The molecule has 4 nitrogen and oxygen atoms in total. The molecule has 0 radical (unpaired) electrons. The third-order valence-electron chi connectivity index (χ3n) is 10.5. The number of para-hydroxylation sites is 3. The van der Waals surface area contributed by atoms with Crippen LogP contribution in [0.4, 0.5) is 0 Å². The van der Waals surface area contributed by atoms with Gasteiger partial charge in [-0.1, -0.05) is 140 Å². The summed E-state index contributed by atoms with van der Waals surface area (Å²) < 4.78 is 4.70. The molecule has 0 N–H and O–H groups in total. The Morgan fingerprint density at radius 3 is 1.71 bits per heavy atom. The summed E-state index contributed by atoms with van der Waals surface area (Å²) in [5.41, 5.74) is 12.4. The molecule has 0 bridgehead atoms. The topological polar surface area (TPSA) is 35.6 Å². The fraction of sp³-hybridized carbons (Fsp3) is 0.0638. The van der Waals surface area contributed by atoms with Crippen molar-refractivity contribution in [1.82, 2.24) is 19.1 Å². The number of rotatable bonds is 5. The zero-order valence-electron chi connectivity index (χ0n) is 28.2. The Kier molecular flexibility index (Phi) is 6.81. The summed E-state index contributed by atoms with van der Waals surface area (Å²) in [6.45, 7) is 2.36. The van der Waals surface area contributed by atoms with E-state index in [4.69, 9.17) is 9.97 Å². The summed E-state index contributed by atoms with van der Waals surface area (Å²) >= 11 is 0. The molecule has 1 aliphatic rings. The monoisotopic (exact) mass is 654 g/mol. The minimum absolute atomic E-state index is 0.154. The molecule has 0 spiro atoms. The molecular formula is C47H34N4. The average molecular weight is 655 g/mol. The van der Waals surface area contributed by atoms with E-state index < -0.39 is 0 Å². The highest BCUT2D eigenvalue weighted by molar-refractivity contribution is 6.09. The summed E-state index contributed by atoms with van der Waals surface area (Å²) in [5, 5.41) is 3.75. The third kappa shape index (κ3) is 4.75. The molecule has 0 fully saturated rings. The van der Waals surface area contributed by atoms with Crippen molar-refractivity contribution in [2.45, 2.75) is 18.8 Å². The van der Waals surface area contributed by atoms with Crippen LogP contribution in [0.2, 0.25) is 0 Å². The summed E-state index contributed by atoms with van der Waals surface area (Å²) in [5.74, 6) is 1.01. The van der Waals surface area contributed by atoms with Crippen molar-refractivity contribution in [2.75, 3.05) is 0 Å². The molecule has 10 rings (SSSR count). The first-order chi connectivity index (χ1) is 25.2. The van der Waals surface area contributed by atoms with Crippen LogP contribution in [0.15, 0.2) is 170 Å². The molecule has 0 saturated carbocycles. The Labute approximate surface area is 296 Å². The number of benzene rings is 6. The molecule has 1 aliphatic carbocycles. The van der Waals surface area contributed by atoms with Gasteiger partial charge in [-0.25, -0.2) is 9.97 Å². The standard InChI is InChI=1S/C47H34N4/c1-31-36(34-25-28-45-40(29-34)38-22-12-13-23-43(38)50(45)35-19-9-4-10-20-35)26-27-39-37-21-11-14-24-44(37)51(46(31)39)47-48-41(32-15-5-2-6-16-32)30-42(49-47)33-17-7-3-8-18-33/h2-31,36H,1H3. The van der Waals surface area contributed by atoms with E-state index in [1.54, 1.807) is 0 Å². The molecule has 3 aromatic heterocycles. The van der Waals surface area contributed by atoms with E-state index in [-0.39, 0.29) is 11.8 Å². The second kappa shape index (κ2) is 11.8. The molecule has 3 heterocycles. The fourth-order valence-electron chi connectivity index (χ4n) is 8.16. The SMILES string of the molecule is CC1c2c(c3ccccc3n2-c2nc(-c3ccccc3)cc(-c3ccccc3)n2)C=CC1c1ccc2c(c1)c1ccccc1n2-c1ccccc1. The van der Waals surface area contributed by atoms with Gasteiger partial charge in [-0.15, -0.1) is 0 Å². The smallest absolute Gasteiger partial charge is 0.235 e. The highest BCUT2D eigenvalue weighted by Crippen LogP contribution is 2.46. The maximum absolute atomic E-state index is 5.29. The van der Waals surface area contributed by atoms with Gasteiger partial charge in [0.1, 0.15) is 0 Å². The highest BCUT2D eigenvalue weighted by atomic mass is 15.2. The van der Waals surface area contributed by atoms with Gasteiger partial charge in [-0.2, -0.15) is 0 Å². The molecule has 0 saturated heterocycles. The van der Waals surface area contributed by atoms with Crippen molar-refractivity contribution in [3.63, 3.8) is 0 Å². The molecule has 2 unspecified atom stereocenters. The van der Waals surface area contributed by atoms with Gasteiger partial charge in [0.25, 0.3) is 0 Å². The first-order valence-electron chi connectivity index (χ1n) is 17.6. The quantitative estimate of drug-likeness (QED) is 0.185. The van der Waals surface area contributed by atoms with Crippen LogP contribution in [0.25, 0.3) is 72.9 Å². The zero-order chi connectivity index (χ0) is 33.9. The molecule has 2 atom stereocenters. The van der Waals surface area contributed by atoms with Crippen LogP contribution in [0, 0.1) is 0 Å². The Morgan fingerprint density at radius 2 is 1.04 bits per heavy atom. The van der Waals surface area contributed by atoms with Crippen LogP contribution in [0.3, 0.4) is 0 Å². The summed E-state index contributed by atoms with van der Waals surface area (Å²) in [7, 11) is 0. The van der Waals surface area contributed by atoms with Gasteiger partial charge in [0.2, 0.25) is 5.95 Å². The molecule has 0 aliphatic heterocycles. The molecule has 242 valence electrons. The molecular weight excluding hydrogens is 621 g/mol. The summed E-state index contributed by atoms with van der Waals surface area (Å²) in [6.07, 6.45) is 4.73. The molecule has 0 amide bonds. The predicted molar refractivity (Wildman–Crippen MR) is 211 cm³/mol. The van der Waals surface area contributed by atoms with E-state index in [0.29, 0.717) is 5.95 Å². The zero-order valence-corrected chi connectivity index (χ0v) is 28.2. The van der Waals surface area contributed by atoms with E-state index in [0.717, 1.165) is 28.0 Å². The first-order valence-corrected chi connectivity index (χ1v) is 17.6. The second-order valence-corrected chi connectivity index (χ2v) is 13.5. The van der Waals surface area contributed by atoms with Crippen LogP contribution in [-0.4, -0.2) is 19.1 Å². The average Bonchev–Trinajstić information content (AvgIpc) is 3.72. The maximum Gasteiger partial charge on any atom is 0.235 e. The van der Waals surface area contributed by atoms with Gasteiger partial charge in [0, 0.05) is 56.1 Å². The third-order valence-corrected chi connectivity index (χ3v) is 10.5. The lowest BCUT2D eigenvalue weighted by molar-refractivity contribution is 0.634. The number of hydrogen-bond acceptors (Lipinski definition) is 2. The normalized spacial score (nSPS) is 15.5. The van der Waals surface area contributed by atoms with E-state index >= 15 is 0 Å². The minimum Gasteiger partial charge on any atom is -0.309 e. The van der Waals surface area contributed by atoms with Crippen LogP contribution >= 0.6 is 0 Å². The molecule has 9 aromatic rings. The van der Waals surface area contributed by atoms with Crippen molar-refractivity contribution >= 4 is 38.8 Å². The van der Waals surface area contributed by atoms with E-state index in [1.807, 2.05) is 12.1 Å². The lowest BCUT2D eigenvalue weighted by Crippen LogP contribution is -2.16. The molecule has 4 heteroatoms. The van der Waals surface area contributed by atoms with Gasteiger partial charge in [0.15, 0.2) is 0 Å². The Hall–Kier alpha value is -6.52. The second-order valence-electron chi connectivity index (χ2n) is 13.5. The lowest BCUT2D eigenvalue weighted by Gasteiger charge is -2.27. The van der Waals surface area contributed by atoms with Gasteiger partial charge < -0.3 is 4.57 Å². The van der Waals surface area contributed by atoms with E-state index in [1.165, 1.54) is 49.7 Å². The number of fused-ring (bicyclic) bond motifs is 6. The lowest BCUT2D eigenvalue weighted by atomic mass is 9.79. The van der Waals surface area contributed by atoms with Crippen LogP contribution < -0.4 is 0 Å². The van der Waals surface area contributed by atoms with Crippen LogP contribution in [0.1, 0.15) is 35.6 Å². The highest BCUT2D eigenvalue weighted by Gasteiger charge is 2.31. The van der Waals surface area contributed by atoms with Crippen molar-refractivity contribution in [2.24, 2.45) is 0 Å².